The molecule has 0 aliphatic carbocycles. The van der Waals surface area contributed by atoms with Gasteiger partial charge >= 0.3 is 7.12 Å². The molecule has 1 aromatic carbocycles. The summed E-state index contributed by atoms with van der Waals surface area (Å²) >= 11 is 0. The van der Waals surface area contributed by atoms with E-state index < -0.39 is 25.5 Å². The fraction of sp³-hybridized carbons (Fsp3) is 0.364. The van der Waals surface area contributed by atoms with Crippen LogP contribution in [0.4, 0.5) is 8.78 Å². The van der Waals surface area contributed by atoms with Gasteiger partial charge < -0.3 is 14.9 Å². The third-order valence-corrected chi connectivity index (χ3v) is 2.91. The van der Waals surface area contributed by atoms with Gasteiger partial charge in [-0.1, -0.05) is 12.1 Å². The summed E-state index contributed by atoms with van der Waals surface area (Å²) in [5.41, 5.74) is 0.510. The molecule has 0 unspecified atom stereocenters. The molecule has 0 atom stereocenters. The molecule has 1 aliphatic rings. The van der Waals surface area contributed by atoms with Crippen molar-refractivity contribution in [2.45, 2.75) is 12.3 Å². The maximum absolute atomic E-state index is 13.0. The maximum Gasteiger partial charge on any atom is 0.488 e. The van der Waals surface area contributed by atoms with Crippen molar-refractivity contribution in [1.82, 2.24) is 4.90 Å². The minimum absolute atomic E-state index is 0.0379. The van der Waals surface area contributed by atoms with Crippen LogP contribution in [0.15, 0.2) is 24.3 Å². The summed E-state index contributed by atoms with van der Waals surface area (Å²) in [6.45, 7) is -0.521. The lowest BCUT2D eigenvalue weighted by molar-refractivity contribution is 0.0120. The van der Waals surface area contributed by atoms with Crippen LogP contribution in [0.5, 0.6) is 0 Å². The van der Waals surface area contributed by atoms with Crippen molar-refractivity contribution in [2.75, 3.05) is 13.1 Å². The Bertz CT molecular complexity index is 450. The van der Waals surface area contributed by atoms with Crippen molar-refractivity contribution in [3.8, 4) is 0 Å². The Labute approximate surface area is 103 Å². The monoisotopic (exact) mass is 255 g/mol. The third kappa shape index (κ3) is 2.68. The second-order valence-corrected chi connectivity index (χ2v) is 4.33. The van der Waals surface area contributed by atoms with Gasteiger partial charge in [0.05, 0.1) is 6.54 Å². The lowest BCUT2D eigenvalue weighted by atomic mass is 9.80. The summed E-state index contributed by atoms with van der Waals surface area (Å²) in [6.07, 6.45) is -0.313. The SMILES string of the molecule is O=C(c1ccc(B(O)O)cc1)N1CCC(F)(F)C1. The minimum Gasteiger partial charge on any atom is -0.423 e. The van der Waals surface area contributed by atoms with Crippen LogP contribution in [0.3, 0.4) is 0 Å². The molecule has 0 saturated carbocycles. The van der Waals surface area contributed by atoms with Gasteiger partial charge in [0.1, 0.15) is 0 Å². The Morgan fingerprint density at radius 3 is 2.33 bits per heavy atom. The fourth-order valence-electron chi connectivity index (χ4n) is 1.89. The normalized spacial score (nSPS) is 17.9. The number of carbonyl (C=O) groups excluding carboxylic acids is 1. The van der Waals surface area contributed by atoms with E-state index in [0.717, 1.165) is 4.90 Å². The summed E-state index contributed by atoms with van der Waals surface area (Å²) in [4.78, 5) is 13.0. The van der Waals surface area contributed by atoms with Crippen molar-refractivity contribution in [3.63, 3.8) is 0 Å². The van der Waals surface area contributed by atoms with Gasteiger partial charge in [-0.3, -0.25) is 4.79 Å². The van der Waals surface area contributed by atoms with Crippen molar-refractivity contribution < 1.29 is 23.6 Å². The molecule has 1 aliphatic heterocycles. The number of alkyl halides is 2. The number of benzene rings is 1. The molecule has 18 heavy (non-hydrogen) atoms. The first-order valence-electron chi connectivity index (χ1n) is 5.52. The molecule has 1 fully saturated rings. The molecule has 2 rings (SSSR count). The number of carbonyl (C=O) groups is 1. The van der Waals surface area contributed by atoms with Crippen LogP contribution in [0.2, 0.25) is 0 Å². The first-order chi connectivity index (χ1) is 8.39. The second kappa shape index (κ2) is 4.66. The van der Waals surface area contributed by atoms with Gasteiger partial charge in [0, 0.05) is 18.5 Å². The lowest BCUT2D eigenvalue weighted by Gasteiger charge is -2.16. The van der Waals surface area contributed by atoms with Gasteiger partial charge in [-0.2, -0.15) is 0 Å². The molecule has 1 heterocycles. The Morgan fingerprint density at radius 2 is 1.89 bits per heavy atom. The summed E-state index contributed by atoms with van der Waals surface area (Å²) in [7, 11) is -1.61. The van der Waals surface area contributed by atoms with E-state index in [4.69, 9.17) is 10.0 Å². The van der Waals surface area contributed by atoms with Crippen LogP contribution < -0.4 is 5.46 Å². The average molecular weight is 255 g/mol. The van der Waals surface area contributed by atoms with Gasteiger partial charge in [-0.05, 0) is 17.6 Å². The van der Waals surface area contributed by atoms with Gasteiger partial charge in [-0.15, -0.1) is 0 Å². The number of hydrogen-bond donors (Lipinski definition) is 2. The van der Waals surface area contributed by atoms with Crippen LogP contribution in [0, 0.1) is 0 Å². The molecular weight excluding hydrogens is 243 g/mol. The van der Waals surface area contributed by atoms with Gasteiger partial charge in [-0.25, -0.2) is 8.78 Å². The summed E-state index contributed by atoms with van der Waals surface area (Å²) in [5, 5.41) is 17.8. The zero-order chi connectivity index (χ0) is 13.3. The Kier molecular flexibility index (Phi) is 3.36. The van der Waals surface area contributed by atoms with Crippen LogP contribution in [0.1, 0.15) is 16.8 Å². The van der Waals surface area contributed by atoms with Gasteiger partial charge in [0.2, 0.25) is 0 Å². The fourth-order valence-corrected chi connectivity index (χ4v) is 1.89. The average Bonchev–Trinajstić information content (AvgIpc) is 2.69. The summed E-state index contributed by atoms with van der Waals surface area (Å²) in [5.74, 6) is -3.28. The highest BCUT2D eigenvalue weighted by Crippen LogP contribution is 2.27. The van der Waals surface area contributed by atoms with E-state index in [0.29, 0.717) is 0 Å². The van der Waals surface area contributed by atoms with Crippen LogP contribution in [-0.4, -0.2) is 47.0 Å². The van der Waals surface area contributed by atoms with Crippen molar-refractivity contribution in [2.24, 2.45) is 0 Å². The number of likely N-dealkylation sites (tertiary alicyclic amines) is 1. The van der Waals surface area contributed by atoms with Gasteiger partial charge in [0.25, 0.3) is 11.8 Å². The standard InChI is InChI=1S/C11H12BF2NO3/c13-11(14)5-6-15(7-11)10(16)8-1-3-9(4-2-8)12(17)18/h1-4,17-18H,5-7H2. The minimum atomic E-state index is -2.81. The molecule has 4 nitrogen and oxygen atoms in total. The smallest absolute Gasteiger partial charge is 0.423 e. The molecule has 1 amide bonds. The number of hydrogen-bond acceptors (Lipinski definition) is 3. The molecule has 1 saturated heterocycles. The van der Waals surface area contributed by atoms with E-state index >= 15 is 0 Å². The third-order valence-electron chi connectivity index (χ3n) is 2.91. The Morgan fingerprint density at radius 1 is 1.28 bits per heavy atom. The second-order valence-electron chi connectivity index (χ2n) is 4.33. The molecule has 96 valence electrons. The molecule has 0 bridgehead atoms. The number of amides is 1. The van der Waals surface area contributed by atoms with Crippen molar-refractivity contribution in [1.29, 1.82) is 0 Å². The van der Waals surface area contributed by atoms with E-state index in [1.54, 1.807) is 0 Å². The highest BCUT2D eigenvalue weighted by atomic mass is 19.3. The van der Waals surface area contributed by atoms with E-state index in [1.165, 1.54) is 24.3 Å². The molecule has 1 aromatic rings. The molecule has 0 aromatic heterocycles. The van der Waals surface area contributed by atoms with Crippen LogP contribution in [-0.2, 0) is 0 Å². The molecular formula is C11H12BF2NO3. The quantitative estimate of drug-likeness (QED) is 0.722. The number of rotatable bonds is 2. The zero-order valence-corrected chi connectivity index (χ0v) is 9.51. The molecule has 0 spiro atoms. The topological polar surface area (TPSA) is 60.8 Å². The van der Waals surface area contributed by atoms with E-state index in [-0.39, 0.29) is 24.0 Å². The first kappa shape index (κ1) is 13.0. The Balaban J connectivity index is 2.10. The van der Waals surface area contributed by atoms with E-state index in [2.05, 4.69) is 0 Å². The molecule has 2 N–H and O–H groups in total. The van der Waals surface area contributed by atoms with Crippen LogP contribution in [0.25, 0.3) is 0 Å². The summed E-state index contributed by atoms with van der Waals surface area (Å²) in [6, 6.07) is 5.55. The maximum atomic E-state index is 13.0. The Hall–Kier alpha value is -1.47. The molecule has 0 radical (unpaired) electrons. The first-order valence-corrected chi connectivity index (χ1v) is 5.52. The highest BCUT2D eigenvalue weighted by molar-refractivity contribution is 6.58. The zero-order valence-electron chi connectivity index (χ0n) is 9.51. The highest BCUT2D eigenvalue weighted by Gasteiger charge is 2.40. The van der Waals surface area contributed by atoms with Gasteiger partial charge in [0.15, 0.2) is 0 Å². The predicted octanol–water partition coefficient (Wildman–Crippen LogP) is -0.152. The summed E-state index contributed by atoms with van der Waals surface area (Å²) < 4.78 is 26.0. The predicted molar refractivity (Wildman–Crippen MR) is 61.7 cm³/mol. The van der Waals surface area contributed by atoms with Crippen molar-refractivity contribution in [3.05, 3.63) is 29.8 Å². The number of nitrogens with zero attached hydrogens (tertiary/aromatic N) is 1. The van der Waals surface area contributed by atoms with E-state index in [1.807, 2.05) is 0 Å². The van der Waals surface area contributed by atoms with E-state index in [9.17, 15) is 13.6 Å². The largest absolute Gasteiger partial charge is 0.488 e. The lowest BCUT2D eigenvalue weighted by Crippen LogP contribution is -2.33. The molecule has 7 heteroatoms. The van der Waals surface area contributed by atoms with Crippen molar-refractivity contribution >= 4 is 18.5 Å². The number of halogens is 2. The van der Waals surface area contributed by atoms with Crippen LogP contribution >= 0.6 is 0 Å².